The van der Waals surface area contributed by atoms with Crippen LogP contribution in [0.5, 0.6) is 0 Å². The lowest BCUT2D eigenvalue weighted by Gasteiger charge is -2.38. The monoisotopic (exact) mass is 285 g/mol. The molecule has 3 atom stereocenters. The van der Waals surface area contributed by atoms with Crippen molar-refractivity contribution in [3.63, 3.8) is 0 Å². The van der Waals surface area contributed by atoms with E-state index in [0.717, 1.165) is 19.3 Å². The van der Waals surface area contributed by atoms with Crippen molar-refractivity contribution >= 4 is 5.91 Å². The number of nitrogens with two attached hydrogens (primary N) is 1. The van der Waals surface area contributed by atoms with Crippen molar-refractivity contribution < 1.29 is 4.79 Å². The summed E-state index contributed by atoms with van der Waals surface area (Å²) in [5, 5.41) is 6.68. The summed E-state index contributed by atoms with van der Waals surface area (Å²) in [7, 11) is 0. The second-order valence-electron chi connectivity index (χ2n) is 7.02. The number of benzene rings is 1. The molecule has 21 heavy (non-hydrogen) atoms. The van der Waals surface area contributed by atoms with Gasteiger partial charge in [0.1, 0.15) is 0 Å². The molecule has 1 aliphatic carbocycles. The lowest BCUT2D eigenvalue weighted by molar-refractivity contribution is -0.122. The lowest BCUT2D eigenvalue weighted by atomic mass is 9.77. The zero-order valence-corrected chi connectivity index (χ0v) is 12.3. The van der Waals surface area contributed by atoms with Gasteiger partial charge in [0.05, 0.1) is 0 Å². The molecule has 0 radical (unpaired) electrons. The van der Waals surface area contributed by atoms with Crippen molar-refractivity contribution in [2.45, 2.75) is 49.7 Å². The molecule has 4 heteroatoms. The van der Waals surface area contributed by atoms with Crippen LogP contribution in [0.15, 0.2) is 24.3 Å². The van der Waals surface area contributed by atoms with Gasteiger partial charge in [0.2, 0.25) is 5.91 Å². The van der Waals surface area contributed by atoms with E-state index < -0.39 is 0 Å². The Morgan fingerprint density at radius 3 is 2.81 bits per heavy atom. The normalized spacial score (nSPS) is 31.6. The number of rotatable bonds is 4. The quantitative estimate of drug-likeness (QED) is 0.790. The van der Waals surface area contributed by atoms with Gasteiger partial charge >= 0.3 is 0 Å². The van der Waals surface area contributed by atoms with Gasteiger partial charge in [-0.05, 0) is 42.7 Å². The van der Waals surface area contributed by atoms with E-state index in [2.05, 4.69) is 34.9 Å². The Kier molecular flexibility index (Phi) is 3.05. The van der Waals surface area contributed by atoms with E-state index >= 15 is 0 Å². The summed E-state index contributed by atoms with van der Waals surface area (Å²) >= 11 is 0. The van der Waals surface area contributed by atoms with Crippen LogP contribution in [0.2, 0.25) is 0 Å². The Labute approximate surface area is 125 Å². The van der Waals surface area contributed by atoms with Gasteiger partial charge in [-0.15, -0.1) is 0 Å². The smallest absolute Gasteiger partial charge is 0.220 e. The minimum atomic E-state index is -0.130. The largest absolute Gasteiger partial charge is 0.354 e. The molecule has 3 unspecified atom stereocenters. The highest BCUT2D eigenvalue weighted by Crippen LogP contribution is 2.49. The van der Waals surface area contributed by atoms with E-state index in [0.29, 0.717) is 31.0 Å². The van der Waals surface area contributed by atoms with E-state index in [1.807, 2.05) is 0 Å². The average molecular weight is 285 g/mol. The minimum Gasteiger partial charge on any atom is -0.354 e. The van der Waals surface area contributed by atoms with Gasteiger partial charge in [-0.3, -0.25) is 4.79 Å². The molecule has 1 aromatic rings. The van der Waals surface area contributed by atoms with E-state index in [4.69, 9.17) is 5.73 Å². The van der Waals surface area contributed by atoms with Gasteiger partial charge in [0.15, 0.2) is 0 Å². The number of hydrogen-bond acceptors (Lipinski definition) is 3. The minimum absolute atomic E-state index is 0.130. The third-order valence-corrected chi connectivity index (χ3v) is 5.53. The summed E-state index contributed by atoms with van der Waals surface area (Å²) in [6, 6.07) is 9.39. The molecule has 2 fully saturated rings. The van der Waals surface area contributed by atoms with Crippen molar-refractivity contribution in [3.05, 3.63) is 35.4 Å². The third kappa shape index (κ3) is 2.27. The van der Waals surface area contributed by atoms with Crippen molar-refractivity contribution in [1.82, 2.24) is 10.6 Å². The number of amides is 1. The fourth-order valence-corrected chi connectivity index (χ4v) is 4.13. The van der Waals surface area contributed by atoms with Crippen LogP contribution >= 0.6 is 0 Å². The molecule has 112 valence electrons. The molecule has 4 rings (SSSR count). The molecule has 0 spiro atoms. The molecule has 4 N–H and O–H groups in total. The average Bonchev–Trinajstić information content (AvgIpc) is 3.02. The summed E-state index contributed by atoms with van der Waals surface area (Å²) < 4.78 is 0. The number of fused-ring (bicyclic) bond motifs is 5. The number of nitrogens with one attached hydrogen (secondary N) is 2. The maximum Gasteiger partial charge on any atom is 0.220 e. The molecule has 2 aliphatic heterocycles. The Morgan fingerprint density at radius 1 is 1.33 bits per heavy atom. The summed E-state index contributed by atoms with van der Waals surface area (Å²) in [4.78, 5) is 12.2. The Hall–Kier alpha value is -1.39. The van der Waals surface area contributed by atoms with Gasteiger partial charge in [0.25, 0.3) is 0 Å². The van der Waals surface area contributed by atoms with Gasteiger partial charge in [0, 0.05) is 30.6 Å². The first-order valence-electron chi connectivity index (χ1n) is 8.05. The van der Waals surface area contributed by atoms with Crippen LogP contribution in [-0.2, 0) is 4.79 Å². The number of carbonyl (C=O) groups is 1. The molecule has 4 nitrogen and oxygen atoms in total. The maximum absolute atomic E-state index is 12.2. The van der Waals surface area contributed by atoms with Crippen molar-refractivity contribution in [1.29, 1.82) is 0 Å². The molecule has 3 aliphatic rings. The first-order chi connectivity index (χ1) is 10.1. The molecule has 1 amide bonds. The summed E-state index contributed by atoms with van der Waals surface area (Å²) in [6.45, 7) is 0.636. The molecule has 0 aromatic heterocycles. The van der Waals surface area contributed by atoms with Crippen LogP contribution in [0.4, 0.5) is 0 Å². The standard InChI is InChI=1S/C17H23N3O/c18-17(6-3-7-17)10-19-15(21)9-11-8-14-12-4-1-2-5-13(12)16(11)20-14/h1-2,4-5,11,14,16,20H,3,6-10,18H2,(H,19,21). The summed E-state index contributed by atoms with van der Waals surface area (Å²) in [5.74, 6) is 0.573. The molecule has 1 aromatic carbocycles. The third-order valence-electron chi connectivity index (χ3n) is 5.53. The van der Waals surface area contributed by atoms with Gasteiger partial charge < -0.3 is 16.4 Å². The predicted molar refractivity (Wildman–Crippen MR) is 81.6 cm³/mol. The van der Waals surface area contributed by atoms with Crippen LogP contribution in [0.1, 0.15) is 55.3 Å². The van der Waals surface area contributed by atoms with Crippen LogP contribution in [0.3, 0.4) is 0 Å². The van der Waals surface area contributed by atoms with Gasteiger partial charge in [-0.1, -0.05) is 24.3 Å². The highest BCUT2D eigenvalue weighted by atomic mass is 16.1. The molecule has 1 saturated carbocycles. The van der Waals surface area contributed by atoms with Crippen LogP contribution in [0, 0.1) is 5.92 Å². The topological polar surface area (TPSA) is 67.1 Å². The molecule has 2 bridgehead atoms. The summed E-state index contributed by atoms with van der Waals surface area (Å²) in [6.07, 6.45) is 4.95. The van der Waals surface area contributed by atoms with Gasteiger partial charge in [-0.25, -0.2) is 0 Å². The first-order valence-corrected chi connectivity index (χ1v) is 8.05. The SMILES string of the molecule is NC1(CNC(=O)CC2CC3NC2c2ccccc23)CCC1. The predicted octanol–water partition coefficient (Wildman–Crippen LogP) is 1.78. The number of hydrogen-bond donors (Lipinski definition) is 3. The second-order valence-corrected chi connectivity index (χ2v) is 7.02. The van der Waals surface area contributed by atoms with Crippen LogP contribution in [-0.4, -0.2) is 18.0 Å². The first kappa shape index (κ1) is 13.3. The zero-order valence-electron chi connectivity index (χ0n) is 12.3. The lowest BCUT2D eigenvalue weighted by Crippen LogP contribution is -2.55. The second kappa shape index (κ2) is 4.82. The molecule has 2 heterocycles. The highest BCUT2D eigenvalue weighted by molar-refractivity contribution is 5.76. The van der Waals surface area contributed by atoms with Crippen LogP contribution < -0.4 is 16.4 Å². The number of carbonyl (C=O) groups excluding carboxylic acids is 1. The van der Waals surface area contributed by atoms with E-state index in [1.165, 1.54) is 17.5 Å². The Bertz CT molecular complexity index is 567. The van der Waals surface area contributed by atoms with E-state index in [-0.39, 0.29) is 11.4 Å². The van der Waals surface area contributed by atoms with E-state index in [9.17, 15) is 4.79 Å². The van der Waals surface area contributed by atoms with Crippen LogP contribution in [0.25, 0.3) is 0 Å². The fourth-order valence-electron chi connectivity index (χ4n) is 4.13. The Morgan fingerprint density at radius 2 is 2.10 bits per heavy atom. The van der Waals surface area contributed by atoms with E-state index in [1.54, 1.807) is 0 Å². The zero-order chi connectivity index (χ0) is 14.4. The molecular formula is C17H23N3O. The van der Waals surface area contributed by atoms with Crippen molar-refractivity contribution in [2.75, 3.05) is 6.54 Å². The Balaban J connectivity index is 1.36. The fraction of sp³-hybridized carbons (Fsp3) is 0.588. The highest BCUT2D eigenvalue weighted by Gasteiger charge is 2.43. The van der Waals surface area contributed by atoms with Crippen molar-refractivity contribution in [2.24, 2.45) is 11.7 Å². The van der Waals surface area contributed by atoms with Gasteiger partial charge in [-0.2, -0.15) is 0 Å². The molecule has 1 saturated heterocycles. The summed E-state index contributed by atoms with van der Waals surface area (Å²) in [5.41, 5.74) is 8.84. The molecular weight excluding hydrogens is 262 g/mol. The van der Waals surface area contributed by atoms with Crippen molar-refractivity contribution in [3.8, 4) is 0 Å². The maximum atomic E-state index is 12.2.